The van der Waals surface area contributed by atoms with Gasteiger partial charge in [-0.2, -0.15) is 0 Å². The minimum Gasteiger partial charge on any atom is -0.365 e. The van der Waals surface area contributed by atoms with Crippen LogP contribution in [0.3, 0.4) is 0 Å². The highest BCUT2D eigenvalue weighted by molar-refractivity contribution is 7.17. The standard InChI is InChI=1S/C18H18N4O4S/c1-21-9-8-13-14(10-21)27-18(16(13)17(19)24)20-15(23)7-4-11-2-5-12(6-3-11)22(25)26/h2-7H,8-10H2,1H3,(H2,19,24)(H,20,23). The number of nitro groups is 1. The maximum atomic E-state index is 12.3. The summed E-state index contributed by atoms with van der Waals surface area (Å²) < 4.78 is 0. The van der Waals surface area contributed by atoms with Gasteiger partial charge in [0.15, 0.2) is 0 Å². The Labute approximate surface area is 159 Å². The number of benzene rings is 1. The predicted molar refractivity (Wildman–Crippen MR) is 104 cm³/mol. The molecule has 1 aliphatic rings. The second-order valence-electron chi connectivity index (χ2n) is 6.23. The molecular weight excluding hydrogens is 368 g/mol. The lowest BCUT2D eigenvalue weighted by molar-refractivity contribution is -0.384. The Hall–Kier alpha value is -3.04. The Morgan fingerprint density at radius 3 is 2.67 bits per heavy atom. The van der Waals surface area contributed by atoms with Gasteiger partial charge < -0.3 is 16.0 Å². The number of nitrogens with zero attached hydrogens (tertiary/aromatic N) is 2. The first-order valence-electron chi connectivity index (χ1n) is 8.21. The molecular formula is C18H18N4O4S. The van der Waals surface area contributed by atoms with Gasteiger partial charge in [-0.05, 0) is 42.8 Å². The SMILES string of the molecule is CN1CCc2c(sc(NC(=O)C=Cc3ccc([N+](=O)[O-])cc3)c2C(N)=O)C1. The van der Waals surface area contributed by atoms with E-state index in [2.05, 4.69) is 10.2 Å². The number of non-ortho nitro benzene ring substituents is 1. The summed E-state index contributed by atoms with van der Waals surface area (Å²) in [7, 11) is 2.00. The third-order valence-corrected chi connectivity index (χ3v) is 5.39. The van der Waals surface area contributed by atoms with E-state index >= 15 is 0 Å². The quantitative estimate of drug-likeness (QED) is 0.465. The smallest absolute Gasteiger partial charge is 0.269 e. The molecule has 0 unspecified atom stereocenters. The minimum absolute atomic E-state index is 0.0168. The molecule has 140 valence electrons. The van der Waals surface area contributed by atoms with E-state index in [1.807, 2.05) is 7.05 Å². The number of nitrogens with two attached hydrogens (primary N) is 1. The fourth-order valence-corrected chi connectivity index (χ4v) is 4.25. The number of likely N-dealkylation sites (N-methyl/N-ethyl adjacent to an activating group) is 1. The largest absolute Gasteiger partial charge is 0.365 e. The molecule has 0 saturated carbocycles. The number of fused-ring (bicyclic) bond motifs is 1. The Kier molecular flexibility index (Phi) is 5.33. The molecule has 3 N–H and O–H groups in total. The number of carbonyl (C=O) groups is 2. The molecule has 0 bridgehead atoms. The van der Waals surface area contributed by atoms with Crippen LogP contribution in [0.4, 0.5) is 10.7 Å². The topological polar surface area (TPSA) is 119 Å². The van der Waals surface area contributed by atoms with Crippen LogP contribution in [0.5, 0.6) is 0 Å². The van der Waals surface area contributed by atoms with E-state index in [0.717, 1.165) is 30.0 Å². The molecule has 2 heterocycles. The van der Waals surface area contributed by atoms with Gasteiger partial charge in [0.2, 0.25) is 5.91 Å². The first kappa shape index (κ1) is 18.7. The highest BCUT2D eigenvalue weighted by Crippen LogP contribution is 2.36. The molecule has 0 spiro atoms. The van der Waals surface area contributed by atoms with Gasteiger partial charge in [-0.15, -0.1) is 11.3 Å². The summed E-state index contributed by atoms with van der Waals surface area (Å²) in [5.74, 6) is -0.950. The first-order chi connectivity index (χ1) is 12.8. The third kappa shape index (κ3) is 4.21. The van der Waals surface area contributed by atoms with Gasteiger partial charge in [0.05, 0.1) is 10.5 Å². The van der Waals surface area contributed by atoms with Crippen LogP contribution < -0.4 is 11.1 Å². The van der Waals surface area contributed by atoms with Gasteiger partial charge in [-0.25, -0.2) is 0 Å². The van der Waals surface area contributed by atoms with Crippen LogP contribution in [0.2, 0.25) is 0 Å². The van der Waals surface area contributed by atoms with Crippen LogP contribution in [0, 0.1) is 10.1 Å². The summed E-state index contributed by atoms with van der Waals surface area (Å²) in [4.78, 5) is 37.5. The number of hydrogen-bond donors (Lipinski definition) is 2. The van der Waals surface area contributed by atoms with Crippen LogP contribution >= 0.6 is 11.3 Å². The lowest BCUT2D eigenvalue weighted by Gasteiger charge is -2.22. The molecule has 1 aliphatic heterocycles. The Morgan fingerprint density at radius 2 is 2.04 bits per heavy atom. The second kappa shape index (κ2) is 7.68. The van der Waals surface area contributed by atoms with Gasteiger partial charge in [0, 0.05) is 36.2 Å². The third-order valence-electron chi connectivity index (χ3n) is 4.26. The number of anilines is 1. The monoisotopic (exact) mass is 386 g/mol. The Balaban J connectivity index is 1.76. The van der Waals surface area contributed by atoms with Gasteiger partial charge in [-0.1, -0.05) is 0 Å². The summed E-state index contributed by atoms with van der Waals surface area (Å²) in [6.07, 6.45) is 3.58. The molecule has 0 atom stereocenters. The minimum atomic E-state index is -0.549. The summed E-state index contributed by atoms with van der Waals surface area (Å²) in [6, 6.07) is 5.84. The molecule has 3 rings (SSSR count). The van der Waals surface area contributed by atoms with Gasteiger partial charge >= 0.3 is 0 Å². The molecule has 0 radical (unpaired) electrons. The molecule has 2 aromatic rings. The fourth-order valence-electron chi connectivity index (χ4n) is 2.91. The molecule has 0 fully saturated rings. The van der Waals surface area contributed by atoms with Crippen molar-refractivity contribution in [3.63, 3.8) is 0 Å². The maximum Gasteiger partial charge on any atom is 0.269 e. The average molecular weight is 386 g/mol. The zero-order valence-corrected chi connectivity index (χ0v) is 15.4. The number of hydrogen-bond acceptors (Lipinski definition) is 6. The van der Waals surface area contributed by atoms with Gasteiger partial charge in [0.1, 0.15) is 5.00 Å². The number of primary amides is 1. The number of thiophene rings is 1. The van der Waals surface area contributed by atoms with Crippen molar-refractivity contribution in [1.29, 1.82) is 0 Å². The van der Waals surface area contributed by atoms with Crippen LogP contribution in [-0.4, -0.2) is 35.2 Å². The lowest BCUT2D eigenvalue weighted by atomic mass is 10.0. The van der Waals surface area contributed by atoms with Crippen molar-refractivity contribution >= 4 is 39.9 Å². The van der Waals surface area contributed by atoms with E-state index in [4.69, 9.17) is 5.73 Å². The summed E-state index contributed by atoms with van der Waals surface area (Å²) in [5, 5.41) is 13.8. The number of nitro benzene ring substituents is 1. The second-order valence-corrected chi connectivity index (χ2v) is 7.34. The molecule has 8 nitrogen and oxygen atoms in total. The fraction of sp³-hybridized carbons (Fsp3) is 0.222. The van der Waals surface area contributed by atoms with Crippen molar-refractivity contribution in [3.8, 4) is 0 Å². The molecule has 0 aliphatic carbocycles. The highest BCUT2D eigenvalue weighted by atomic mass is 32.1. The van der Waals surface area contributed by atoms with E-state index in [9.17, 15) is 19.7 Å². The van der Waals surface area contributed by atoms with Crippen LogP contribution in [0.1, 0.15) is 26.4 Å². The summed E-state index contributed by atoms with van der Waals surface area (Å²) >= 11 is 1.37. The van der Waals surface area contributed by atoms with Crippen molar-refractivity contribution in [1.82, 2.24) is 4.90 Å². The molecule has 0 saturated heterocycles. The van der Waals surface area contributed by atoms with Gasteiger partial charge in [0.25, 0.3) is 11.6 Å². The van der Waals surface area contributed by atoms with Crippen LogP contribution in [0.15, 0.2) is 30.3 Å². The first-order valence-corrected chi connectivity index (χ1v) is 9.03. The van der Waals surface area contributed by atoms with Crippen molar-refractivity contribution in [2.75, 3.05) is 18.9 Å². The zero-order valence-electron chi connectivity index (χ0n) is 14.6. The van der Waals surface area contributed by atoms with E-state index in [0.29, 0.717) is 16.1 Å². The Morgan fingerprint density at radius 1 is 1.33 bits per heavy atom. The van der Waals surface area contributed by atoms with E-state index < -0.39 is 16.7 Å². The van der Waals surface area contributed by atoms with E-state index in [1.54, 1.807) is 18.2 Å². The average Bonchev–Trinajstić information content (AvgIpc) is 2.97. The number of nitrogens with one attached hydrogen (secondary N) is 1. The number of carbonyl (C=O) groups excluding carboxylic acids is 2. The van der Waals surface area contributed by atoms with Crippen molar-refractivity contribution in [3.05, 3.63) is 62.0 Å². The highest BCUT2D eigenvalue weighted by Gasteiger charge is 2.26. The van der Waals surface area contributed by atoms with Crippen molar-refractivity contribution in [2.45, 2.75) is 13.0 Å². The van der Waals surface area contributed by atoms with E-state index in [1.165, 1.54) is 29.5 Å². The maximum absolute atomic E-state index is 12.3. The Bertz CT molecular complexity index is 934. The molecule has 1 aromatic carbocycles. The molecule has 27 heavy (non-hydrogen) atoms. The number of rotatable bonds is 5. The predicted octanol–water partition coefficient (Wildman–Crippen LogP) is 2.40. The molecule has 9 heteroatoms. The van der Waals surface area contributed by atoms with Crippen molar-refractivity contribution in [2.24, 2.45) is 5.73 Å². The lowest BCUT2D eigenvalue weighted by Crippen LogP contribution is -2.27. The summed E-state index contributed by atoms with van der Waals surface area (Å²) in [5.41, 5.74) is 7.47. The molecule has 1 aromatic heterocycles. The molecule has 2 amide bonds. The zero-order chi connectivity index (χ0) is 19.6. The normalized spacial score (nSPS) is 14.1. The van der Waals surface area contributed by atoms with Crippen LogP contribution in [-0.2, 0) is 17.8 Å². The van der Waals surface area contributed by atoms with Crippen LogP contribution in [0.25, 0.3) is 6.08 Å². The number of amides is 2. The summed E-state index contributed by atoms with van der Waals surface area (Å²) in [6.45, 7) is 1.55. The van der Waals surface area contributed by atoms with E-state index in [-0.39, 0.29) is 5.69 Å². The van der Waals surface area contributed by atoms with Gasteiger partial charge in [-0.3, -0.25) is 19.7 Å². The van der Waals surface area contributed by atoms with Crippen molar-refractivity contribution < 1.29 is 14.5 Å².